The van der Waals surface area contributed by atoms with Crippen molar-refractivity contribution in [3.63, 3.8) is 0 Å². The normalized spacial score (nSPS) is 23.4. The van der Waals surface area contributed by atoms with E-state index in [0.717, 1.165) is 30.8 Å². The highest BCUT2D eigenvalue weighted by Crippen LogP contribution is 2.21. The maximum Gasteiger partial charge on any atom is 0.227 e. The van der Waals surface area contributed by atoms with E-state index < -0.39 is 0 Å². The van der Waals surface area contributed by atoms with Crippen molar-refractivity contribution in [3.8, 4) is 0 Å². The Morgan fingerprint density at radius 3 is 2.80 bits per heavy atom. The molecule has 0 aromatic heterocycles. The van der Waals surface area contributed by atoms with Gasteiger partial charge in [-0.25, -0.2) is 0 Å². The summed E-state index contributed by atoms with van der Waals surface area (Å²) in [4.78, 5) is 16.9. The minimum atomic E-state index is 0.234. The third-order valence-electron chi connectivity index (χ3n) is 4.48. The van der Waals surface area contributed by atoms with E-state index in [1.165, 1.54) is 25.9 Å². The number of benzene rings is 1. The summed E-state index contributed by atoms with van der Waals surface area (Å²) in [5, 5.41) is 0. The lowest BCUT2D eigenvalue weighted by Gasteiger charge is -2.23. The Kier molecular flexibility index (Phi) is 3.92. The van der Waals surface area contributed by atoms with Crippen molar-refractivity contribution in [3.05, 3.63) is 29.8 Å². The summed E-state index contributed by atoms with van der Waals surface area (Å²) in [6, 6.07) is 8.22. The average Bonchev–Trinajstić information content (AvgIpc) is 3.10. The Bertz CT molecular complexity index is 482. The maximum absolute atomic E-state index is 12.4. The predicted molar refractivity (Wildman–Crippen MR) is 80.4 cm³/mol. The molecule has 2 heterocycles. The van der Waals surface area contributed by atoms with Crippen LogP contribution in [0, 0.1) is 0 Å². The molecule has 1 atom stereocenters. The number of carbonyl (C=O) groups excluding carboxylic acids is 1. The van der Waals surface area contributed by atoms with Crippen molar-refractivity contribution in [2.45, 2.75) is 31.7 Å². The Labute approximate surface area is 120 Å². The van der Waals surface area contributed by atoms with Crippen LogP contribution in [-0.2, 0) is 11.2 Å². The summed E-state index contributed by atoms with van der Waals surface area (Å²) in [5.74, 6) is 0.234. The first-order valence-electron chi connectivity index (χ1n) is 7.58. The maximum atomic E-state index is 12.4. The third kappa shape index (κ3) is 2.96. The lowest BCUT2D eigenvalue weighted by molar-refractivity contribution is -0.129. The van der Waals surface area contributed by atoms with Gasteiger partial charge in [-0.15, -0.1) is 0 Å². The van der Waals surface area contributed by atoms with Crippen molar-refractivity contribution in [1.29, 1.82) is 0 Å². The Morgan fingerprint density at radius 1 is 1.25 bits per heavy atom. The van der Waals surface area contributed by atoms with E-state index in [9.17, 15) is 4.79 Å². The molecule has 0 saturated carbocycles. The zero-order valence-electron chi connectivity index (χ0n) is 11.9. The van der Waals surface area contributed by atoms with Gasteiger partial charge in [0.05, 0.1) is 6.42 Å². The highest BCUT2D eigenvalue weighted by Gasteiger charge is 2.31. The van der Waals surface area contributed by atoms with Crippen molar-refractivity contribution in [2.24, 2.45) is 0 Å². The molecule has 20 heavy (non-hydrogen) atoms. The molecule has 1 unspecified atom stereocenters. The quantitative estimate of drug-likeness (QED) is 0.849. The van der Waals surface area contributed by atoms with Gasteiger partial charge in [0, 0.05) is 24.8 Å². The van der Waals surface area contributed by atoms with Gasteiger partial charge in [-0.05, 0) is 50.0 Å². The second-order valence-electron chi connectivity index (χ2n) is 5.95. The van der Waals surface area contributed by atoms with Gasteiger partial charge in [0.25, 0.3) is 0 Å². The first-order valence-corrected chi connectivity index (χ1v) is 7.58. The molecule has 1 aromatic rings. The highest BCUT2D eigenvalue weighted by atomic mass is 16.2. The number of amides is 1. The van der Waals surface area contributed by atoms with Crippen LogP contribution in [0.15, 0.2) is 24.3 Å². The number of carbonyl (C=O) groups is 1. The molecule has 1 amide bonds. The molecule has 4 heteroatoms. The summed E-state index contributed by atoms with van der Waals surface area (Å²) in [7, 11) is 0. The van der Waals surface area contributed by atoms with Gasteiger partial charge in [0.1, 0.15) is 0 Å². The SMILES string of the molecule is Nc1cccc(CC(=O)N2CCC(N3CCCC3)C2)c1. The monoisotopic (exact) mass is 273 g/mol. The standard InChI is InChI=1S/C16H23N3O/c17-14-5-3-4-13(10-14)11-16(20)19-9-6-15(12-19)18-7-1-2-8-18/h3-5,10,15H,1-2,6-9,11-12,17H2. The summed E-state index contributed by atoms with van der Waals surface area (Å²) in [5.41, 5.74) is 7.50. The number of hydrogen-bond donors (Lipinski definition) is 1. The second-order valence-corrected chi connectivity index (χ2v) is 5.95. The molecule has 1 aromatic carbocycles. The summed E-state index contributed by atoms with van der Waals surface area (Å²) in [6.07, 6.45) is 4.22. The smallest absolute Gasteiger partial charge is 0.227 e. The first-order chi connectivity index (χ1) is 9.72. The molecular formula is C16H23N3O. The molecule has 3 rings (SSSR count). The van der Waals surface area contributed by atoms with Gasteiger partial charge in [-0.3, -0.25) is 9.69 Å². The highest BCUT2D eigenvalue weighted by molar-refractivity contribution is 5.79. The fraction of sp³-hybridized carbons (Fsp3) is 0.562. The summed E-state index contributed by atoms with van der Waals surface area (Å²) >= 11 is 0. The molecule has 2 aliphatic heterocycles. The van der Waals surface area contributed by atoms with Crippen LogP contribution in [-0.4, -0.2) is 47.9 Å². The number of nitrogens with two attached hydrogens (primary N) is 1. The topological polar surface area (TPSA) is 49.6 Å². The Balaban J connectivity index is 1.55. The Morgan fingerprint density at radius 2 is 2.05 bits per heavy atom. The minimum absolute atomic E-state index is 0.234. The molecule has 2 fully saturated rings. The average molecular weight is 273 g/mol. The van der Waals surface area contributed by atoms with Gasteiger partial charge >= 0.3 is 0 Å². The van der Waals surface area contributed by atoms with Gasteiger partial charge in [-0.2, -0.15) is 0 Å². The summed E-state index contributed by atoms with van der Waals surface area (Å²) in [6.45, 7) is 4.23. The molecule has 0 spiro atoms. The molecular weight excluding hydrogens is 250 g/mol. The van der Waals surface area contributed by atoms with E-state index in [2.05, 4.69) is 4.90 Å². The molecule has 2 N–H and O–H groups in total. The van der Waals surface area contributed by atoms with Gasteiger partial charge in [0.2, 0.25) is 5.91 Å². The van der Waals surface area contributed by atoms with Gasteiger partial charge in [0.15, 0.2) is 0 Å². The third-order valence-corrected chi connectivity index (χ3v) is 4.48. The van der Waals surface area contributed by atoms with Crippen LogP contribution >= 0.6 is 0 Å². The van der Waals surface area contributed by atoms with Gasteiger partial charge in [-0.1, -0.05) is 12.1 Å². The van der Waals surface area contributed by atoms with Crippen LogP contribution in [0.2, 0.25) is 0 Å². The number of nitrogens with zero attached hydrogens (tertiary/aromatic N) is 2. The van der Waals surface area contributed by atoms with Crippen molar-refractivity contribution >= 4 is 11.6 Å². The van der Waals surface area contributed by atoms with Crippen LogP contribution in [0.1, 0.15) is 24.8 Å². The van der Waals surface area contributed by atoms with Gasteiger partial charge < -0.3 is 10.6 Å². The van der Waals surface area contributed by atoms with E-state index in [1.54, 1.807) is 0 Å². The van der Waals surface area contributed by atoms with E-state index in [4.69, 9.17) is 5.73 Å². The molecule has 0 aliphatic carbocycles. The lowest BCUT2D eigenvalue weighted by Crippen LogP contribution is -2.37. The zero-order valence-corrected chi connectivity index (χ0v) is 11.9. The molecule has 4 nitrogen and oxygen atoms in total. The van der Waals surface area contributed by atoms with Crippen LogP contribution in [0.4, 0.5) is 5.69 Å². The fourth-order valence-electron chi connectivity index (χ4n) is 3.36. The second kappa shape index (κ2) is 5.83. The molecule has 2 aliphatic rings. The van der Waals surface area contributed by atoms with E-state index in [1.807, 2.05) is 29.2 Å². The summed E-state index contributed by atoms with van der Waals surface area (Å²) < 4.78 is 0. The van der Waals surface area contributed by atoms with Crippen LogP contribution < -0.4 is 5.73 Å². The largest absolute Gasteiger partial charge is 0.399 e. The fourth-order valence-corrected chi connectivity index (χ4v) is 3.36. The van der Waals surface area contributed by atoms with Crippen molar-refractivity contribution < 1.29 is 4.79 Å². The Hall–Kier alpha value is -1.55. The molecule has 0 radical (unpaired) electrons. The predicted octanol–water partition coefficient (Wildman–Crippen LogP) is 1.51. The van der Waals surface area contributed by atoms with E-state index in [0.29, 0.717) is 12.5 Å². The van der Waals surface area contributed by atoms with Crippen molar-refractivity contribution in [2.75, 3.05) is 31.9 Å². The lowest BCUT2D eigenvalue weighted by atomic mass is 10.1. The first kappa shape index (κ1) is 13.4. The van der Waals surface area contributed by atoms with E-state index in [-0.39, 0.29) is 5.91 Å². The van der Waals surface area contributed by atoms with Crippen LogP contribution in [0.3, 0.4) is 0 Å². The van der Waals surface area contributed by atoms with Crippen LogP contribution in [0.5, 0.6) is 0 Å². The number of anilines is 1. The number of likely N-dealkylation sites (tertiary alicyclic amines) is 2. The zero-order chi connectivity index (χ0) is 13.9. The molecule has 108 valence electrons. The van der Waals surface area contributed by atoms with E-state index >= 15 is 0 Å². The molecule has 2 saturated heterocycles. The number of rotatable bonds is 3. The minimum Gasteiger partial charge on any atom is -0.399 e. The van der Waals surface area contributed by atoms with Crippen LogP contribution in [0.25, 0.3) is 0 Å². The van der Waals surface area contributed by atoms with Crippen molar-refractivity contribution in [1.82, 2.24) is 9.80 Å². The number of hydrogen-bond acceptors (Lipinski definition) is 3. The number of nitrogen functional groups attached to an aromatic ring is 1. The molecule has 0 bridgehead atoms.